The molecule has 2 aromatic heterocycles. The van der Waals surface area contributed by atoms with Crippen molar-refractivity contribution >= 4 is 21.8 Å². The Bertz CT molecular complexity index is 3310. The lowest BCUT2D eigenvalue weighted by Gasteiger charge is -2.30. The summed E-state index contributed by atoms with van der Waals surface area (Å²) in [7, 11) is 0. The number of para-hydroxylation sites is 1. The highest BCUT2D eigenvalue weighted by Gasteiger charge is 2.51. The van der Waals surface area contributed by atoms with Crippen LogP contribution in [0.2, 0.25) is 0 Å². The van der Waals surface area contributed by atoms with Crippen LogP contribution in [-0.4, -0.2) is 19.5 Å². The molecule has 0 bridgehead atoms. The number of nitrogens with zero attached hydrogens (tertiary/aromatic N) is 5. The van der Waals surface area contributed by atoms with E-state index in [1.165, 1.54) is 44.5 Å². The number of hydrogen-bond acceptors (Lipinski definition) is 4. The quantitative estimate of drug-likeness (QED) is 0.180. The number of nitriles is 1. The van der Waals surface area contributed by atoms with Gasteiger partial charge in [0.2, 0.25) is 5.95 Å². The van der Waals surface area contributed by atoms with Crippen molar-refractivity contribution in [2.75, 3.05) is 0 Å². The Labute approximate surface area is 334 Å². The molecule has 0 radical (unpaired) electrons. The third kappa shape index (κ3) is 4.48. The van der Waals surface area contributed by atoms with Gasteiger partial charge in [0.15, 0.2) is 11.6 Å². The minimum atomic E-state index is -0.486. The van der Waals surface area contributed by atoms with Crippen molar-refractivity contribution in [1.29, 1.82) is 5.26 Å². The van der Waals surface area contributed by atoms with Gasteiger partial charge in [-0.1, -0.05) is 152 Å². The number of hydrogen-bond donors (Lipinski definition) is 0. The molecule has 10 aromatic rings. The van der Waals surface area contributed by atoms with Gasteiger partial charge >= 0.3 is 0 Å². The molecule has 12 rings (SSSR count). The van der Waals surface area contributed by atoms with Gasteiger partial charge in [-0.25, -0.2) is 4.98 Å². The lowest BCUT2D eigenvalue weighted by molar-refractivity contribution is 0.794. The second kappa shape index (κ2) is 12.3. The molecule has 0 saturated carbocycles. The molecule has 2 heterocycles. The smallest absolute Gasteiger partial charge is 0.238 e. The highest BCUT2D eigenvalue weighted by molar-refractivity contribution is 6.12. The molecule has 8 aromatic carbocycles. The number of aromatic nitrogens is 4. The summed E-state index contributed by atoms with van der Waals surface area (Å²) >= 11 is 0. The van der Waals surface area contributed by atoms with Gasteiger partial charge in [0.1, 0.15) is 0 Å². The van der Waals surface area contributed by atoms with Crippen molar-refractivity contribution in [1.82, 2.24) is 19.5 Å². The molecule has 0 saturated heterocycles. The molecular formula is C53H31N5. The standard InChI is InChI=1S/C53H31N5/c54-32-33-25-27-34(28-26-33)36-15-12-16-37(29-36)51-55-50(35-13-2-1-3-14-35)56-52(57-51)58-48-24-11-7-20-41(48)43-30-42-40-19-6-10-23-46(40)53(47(42)31-49(43)58)44-21-8-4-17-38(44)39-18-5-9-22-45(39)53/h1-31H. The predicted octanol–water partition coefficient (Wildman–Crippen LogP) is 12.2. The molecule has 5 nitrogen and oxygen atoms in total. The van der Waals surface area contributed by atoms with E-state index in [0.29, 0.717) is 23.2 Å². The predicted molar refractivity (Wildman–Crippen MR) is 231 cm³/mol. The van der Waals surface area contributed by atoms with Crippen molar-refractivity contribution < 1.29 is 0 Å². The molecule has 0 amide bonds. The molecule has 58 heavy (non-hydrogen) atoms. The van der Waals surface area contributed by atoms with Gasteiger partial charge in [0.25, 0.3) is 0 Å². The van der Waals surface area contributed by atoms with Crippen LogP contribution < -0.4 is 0 Å². The molecule has 2 aliphatic rings. The second-order valence-corrected chi connectivity index (χ2v) is 15.1. The van der Waals surface area contributed by atoms with Crippen LogP contribution in [0.25, 0.3) is 83.9 Å². The third-order valence-electron chi connectivity index (χ3n) is 12.1. The number of benzene rings is 8. The summed E-state index contributed by atoms with van der Waals surface area (Å²) in [4.78, 5) is 15.7. The van der Waals surface area contributed by atoms with E-state index in [1.54, 1.807) is 0 Å². The van der Waals surface area contributed by atoms with Gasteiger partial charge in [-0.3, -0.25) is 4.57 Å². The lowest BCUT2D eigenvalue weighted by atomic mass is 9.70. The molecule has 1 spiro atoms. The minimum Gasteiger partial charge on any atom is -0.278 e. The fourth-order valence-electron chi connectivity index (χ4n) is 9.65. The summed E-state index contributed by atoms with van der Waals surface area (Å²) in [6.45, 7) is 0. The Balaban J connectivity index is 1.14. The maximum atomic E-state index is 9.39. The van der Waals surface area contributed by atoms with Crippen LogP contribution in [-0.2, 0) is 5.41 Å². The average molecular weight is 738 g/mol. The van der Waals surface area contributed by atoms with Crippen LogP contribution in [0.1, 0.15) is 27.8 Å². The Morgan fingerprint density at radius 1 is 0.397 bits per heavy atom. The zero-order chi connectivity index (χ0) is 38.4. The SMILES string of the molecule is N#Cc1ccc(-c2cccc(-c3nc(-c4ccccc4)nc(-n4c5ccccc5c5cc6c(cc54)C4(c5ccccc5-c5ccccc54)c4ccccc4-6)n3)c2)cc1. The average Bonchev–Trinajstić information content (AvgIpc) is 3.90. The summed E-state index contributed by atoms with van der Waals surface area (Å²) in [5.74, 6) is 1.73. The van der Waals surface area contributed by atoms with Crippen LogP contribution in [0.15, 0.2) is 188 Å². The molecule has 0 N–H and O–H groups in total. The fourth-order valence-corrected chi connectivity index (χ4v) is 9.65. The molecular weight excluding hydrogens is 707 g/mol. The van der Waals surface area contributed by atoms with Gasteiger partial charge in [0.05, 0.1) is 28.1 Å². The van der Waals surface area contributed by atoms with Crippen molar-refractivity contribution in [3.8, 4) is 68.2 Å². The first-order valence-electron chi connectivity index (χ1n) is 19.5. The Hall–Kier alpha value is -7.94. The summed E-state index contributed by atoms with van der Waals surface area (Å²) in [5.41, 5.74) is 16.3. The van der Waals surface area contributed by atoms with E-state index in [0.717, 1.165) is 44.1 Å². The maximum Gasteiger partial charge on any atom is 0.238 e. The number of fused-ring (bicyclic) bond motifs is 13. The van der Waals surface area contributed by atoms with E-state index in [1.807, 2.05) is 60.7 Å². The second-order valence-electron chi connectivity index (χ2n) is 15.1. The van der Waals surface area contributed by atoms with Gasteiger partial charge in [-0.15, -0.1) is 0 Å². The van der Waals surface area contributed by atoms with E-state index in [9.17, 15) is 5.26 Å². The summed E-state index contributed by atoms with van der Waals surface area (Å²) in [5, 5.41) is 11.7. The van der Waals surface area contributed by atoms with Crippen molar-refractivity contribution in [3.05, 3.63) is 216 Å². The molecule has 5 heteroatoms. The summed E-state index contributed by atoms with van der Waals surface area (Å²) in [6, 6.07) is 68.5. The third-order valence-corrected chi connectivity index (χ3v) is 12.1. The first-order valence-corrected chi connectivity index (χ1v) is 19.5. The molecule has 0 aliphatic heterocycles. The van der Waals surface area contributed by atoms with Gasteiger partial charge in [-0.05, 0) is 92.0 Å². The fraction of sp³-hybridized carbons (Fsp3) is 0.0189. The van der Waals surface area contributed by atoms with E-state index in [4.69, 9.17) is 15.0 Å². The normalized spacial score (nSPS) is 12.9. The van der Waals surface area contributed by atoms with Crippen LogP contribution in [0.5, 0.6) is 0 Å². The monoisotopic (exact) mass is 737 g/mol. The van der Waals surface area contributed by atoms with Crippen LogP contribution in [0, 0.1) is 11.3 Å². The first-order chi connectivity index (χ1) is 28.7. The Morgan fingerprint density at radius 3 is 1.66 bits per heavy atom. The van der Waals surface area contributed by atoms with Gasteiger partial charge in [-0.2, -0.15) is 15.2 Å². The highest BCUT2D eigenvalue weighted by Crippen LogP contribution is 2.63. The van der Waals surface area contributed by atoms with Crippen molar-refractivity contribution in [3.63, 3.8) is 0 Å². The molecule has 0 unspecified atom stereocenters. The molecule has 2 aliphatic carbocycles. The molecule has 268 valence electrons. The van der Waals surface area contributed by atoms with E-state index in [-0.39, 0.29) is 0 Å². The highest BCUT2D eigenvalue weighted by atomic mass is 15.2. The zero-order valence-corrected chi connectivity index (χ0v) is 31.1. The Kier molecular flexibility index (Phi) is 6.84. The molecule has 0 atom stereocenters. The summed E-state index contributed by atoms with van der Waals surface area (Å²) in [6.07, 6.45) is 0. The topological polar surface area (TPSA) is 67.4 Å². The first kappa shape index (κ1) is 32.3. The van der Waals surface area contributed by atoms with Crippen LogP contribution in [0.4, 0.5) is 0 Å². The maximum absolute atomic E-state index is 9.39. The van der Waals surface area contributed by atoms with Crippen LogP contribution in [0.3, 0.4) is 0 Å². The summed E-state index contributed by atoms with van der Waals surface area (Å²) < 4.78 is 2.23. The zero-order valence-electron chi connectivity index (χ0n) is 31.1. The van der Waals surface area contributed by atoms with Crippen molar-refractivity contribution in [2.24, 2.45) is 0 Å². The molecule has 0 fully saturated rings. The number of rotatable bonds is 4. The van der Waals surface area contributed by atoms with E-state index < -0.39 is 5.41 Å². The van der Waals surface area contributed by atoms with Gasteiger partial charge in [0, 0.05) is 21.9 Å². The Morgan fingerprint density at radius 2 is 0.966 bits per heavy atom. The minimum absolute atomic E-state index is 0.486. The largest absolute Gasteiger partial charge is 0.278 e. The van der Waals surface area contributed by atoms with Crippen molar-refractivity contribution in [2.45, 2.75) is 5.41 Å². The van der Waals surface area contributed by atoms with Gasteiger partial charge < -0.3 is 0 Å². The van der Waals surface area contributed by atoms with Crippen LogP contribution >= 0.6 is 0 Å². The van der Waals surface area contributed by atoms with E-state index >= 15 is 0 Å². The lowest BCUT2D eigenvalue weighted by Crippen LogP contribution is -2.25. The van der Waals surface area contributed by atoms with E-state index in [2.05, 4.69) is 138 Å².